The van der Waals surface area contributed by atoms with Gasteiger partial charge in [-0.2, -0.15) is 16.7 Å². The van der Waals surface area contributed by atoms with Crippen molar-refractivity contribution in [1.82, 2.24) is 15.5 Å². The maximum atomic E-state index is 5.57. The van der Waals surface area contributed by atoms with Crippen LogP contribution in [0.15, 0.2) is 22.7 Å². The Bertz CT molecular complexity index is 638. The molecule has 1 aromatic heterocycles. The van der Waals surface area contributed by atoms with Crippen molar-refractivity contribution in [2.45, 2.75) is 18.2 Å². The molecule has 21 heavy (non-hydrogen) atoms. The largest absolute Gasteiger partial charge is 0.334 e. The smallest absolute Gasteiger partial charge is 0.258 e. The van der Waals surface area contributed by atoms with Crippen molar-refractivity contribution in [3.63, 3.8) is 0 Å². The highest BCUT2D eigenvalue weighted by Gasteiger charge is 2.24. The molecule has 4 rings (SSSR count). The first kappa shape index (κ1) is 13.7. The van der Waals surface area contributed by atoms with Crippen LogP contribution in [-0.2, 0) is 13.0 Å². The van der Waals surface area contributed by atoms with Gasteiger partial charge in [0.2, 0.25) is 0 Å². The molecule has 1 unspecified atom stereocenters. The van der Waals surface area contributed by atoms with Crippen LogP contribution >= 0.6 is 23.5 Å². The van der Waals surface area contributed by atoms with Crippen LogP contribution in [0.3, 0.4) is 0 Å². The maximum Gasteiger partial charge on any atom is 0.258 e. The maximum absolute atomic E-state index is 5.57. The third kappa shape index (κ3) is 2.72. The molecule has 0 radical (unpaired) electrons. The van der Waals surface area contributed by atoms with Crippen molar-refractivity contribution in [1.29, 1.82) is 0 Å². The van der Waals surface area contributed by atoms with E-state index in [-0.39, 0.29) is 0 Å². The molecule has 1 aromatic carbocycles. The second-order valence-electron chi connectivity index (χ2n) is 5.26. The van der Waals surface area contributed by atoms with Crippen molar-refractivity contribution >= 4 is 23.5 Å². The van der Waals surface area contributed by atoms with Crippen LogP contribution in [0, 0.1) is 0 Å². The summed E-state index contributed by atoms with van der Waals surface area (Å²) in [7, 11) is 0. The van der Waals surface area contributed by atoms with E-state index in [1.807, 2.05) is 23.5 Å². The summed E-state index contributed by atoms with van der Waals surface area (Å²) >= 11 is 3.91. The molecule has 2 aliphatic rings. The minimum atomic E-state index is 0.377. The Kier molecular flexibility index (Phi) is 3.92. The first-order chi connectivity index (χ1) is 10.4. The zero-order valence-electron chi connectivity index (χ0n) is 11.7. The van der Waals surface area contributed by atoms with E-state index in [0.717, 1.165) is 36.7 Å². The van der Waals surface area contributed by atoms with E-state index >= 15 is 0 Å². The van der Waals surface area contributed by atoms with Crippen LogP contribution < -0.4 is 5.32 Å². The highest BCUT2D eigenvalue weighted by Crippen LogP contribution is 2.36. The summed E-state index contributed by atoms with van der Waals surface area (Å²) in [5.74, 6) is 5.02. The van der Waals surface area contributed by atoms with Gasteiger partial charge in [0.25, 0.3) is 5.89 Å². The molecular formula is C15H17N3OS2. The number of fused-ring (bicyclic) bond motifs is 1. The summed E-state index contributed by atoms with van der Waals surface area (Å²) < 4.78 is 5.57. The molecule has 1 N–H and O–H groups in total. The number of hydrogen-bond donors (Lipinski definition) is 1. The van der Waals surface area contributed by atoms with Gasteiger partial charge in [-0.25, -0.2) is 0 Å². The lowest BCUT2D eigenvalue weighted by Crippen LogP contribution is -2.24. The van der Waals surface area contributed by atoms with Gasteiger partial charge < -0.3 is 9.84 Å². The summed E-state index contributed by atoms with van der Waals surface area (Å²) in [5, 5.41) is 8.01. The van der Waals surface area contributed by atoms with E-state index in [2.05, 4.69) is 33.7 Å². The average Bonchev–Trinajstić information content (AvgIpc) is 3.05. The standard InChI is InChI=1S/C15H17N3OS2/c1-2-10-8-16-5-4-11(10)12(3-1)15-17-14(18-19-15)13-9-20-6-7-21-13/h1-3,13,16H,4-9H2. The second-order valence-corrected chi connectivity index (χ2v) is 7.72. The number of aromatic nitrogens is 2. The summed E-state index contributed by atoms with van der Waals surface area (Å²) in [4.78, 5) is 4.68. The Hall–Kier alpha value is -0.980. The van der Waals surface area contributed by atoms with Crippen LogP contribution in [0.5, 0.6) is 0 Å². The molecule has 3 heterocycles. The predicted octanol–water partition coefficient (Wildman–Crippen LogP) is 2.90. The molecule has 110 valence electrons. The van der Waals surface area contributed by atoms with Crippen LogP contribution in [0.25, 0.3) is 11.5 Å². The highest BCUT2D eigenvalue weighted by molar-refractivity contribution is 8.06. The molecule has 0 aliphatic carbocycles. The predicted molar refractivity (Wildman–Crippen MR) is 87.7 cm³/mol. The monoisotopic (exact) mass is 319 g/mol. The van der Waals surface area contributed by atoms with Crippen molar-refractivity contribution in [3.05, 3.63) is 35.2 Å². The van der Waals surface area contributed by atoms with Gasteiger partial charge in [-0.1, -0.05) is 17.3 Å². The van der Waals surface area contributed by atoms with Crippen molar-refractivity contribution < 1.29 is 4.52 Å². The zero-order chi connectivity index (χ0) is 14.1. The number of nitrogens with one attached hydrogen (secondary N) is 1. The molecule has 0 saturated carbocycles. The fourth-order valence-electron chi connectivity index (χ4n) is 2.84. The quantitative estimate of drug-likeness (QED) is 0.918. The van der Waals surface area contributed by atoms with Crippen molar-refractivity contribution in [2.24, 2.45) is 0 Å². The number of thioether (sulfide) groups is 2. The summed E-state index contributed by atoms with van der Waals surface area (Å²) in [6.45, 7) is 1.94. The van der Waals surface area contributed by atoms with Gasteiger partial charge in [0, 0.05) is 29.4 Å². The number of nitrogens with zero attached hydrogens (tertiary/aromatic N) is 2. The highest BCUT2D eigenvalue weighted by atomic mass is 32.2. The first-order valence-corrected chi connectivity index (χ1v) is 9.47. The minimum Gasteiger partial charge on any atom is -0.334 e. The Labute approximate surface area is 132 Å². The minimum absolute atomic E-state index is 0.377. The van der Waals surface area contributed by atoms with E-state index in [0.29, 0.717) is 11.1 Å². The molecular weight excluding hydrogens is 302 g/mol. The van der Waals surface area contributed by atoms with Gasteiger partial charge in [0.05, 0.1) is 5.25 Å². The van der Waals surface area contributed by atoms with Gasteiger partial charge in [0.1, 0.15) is 0 Å². The second kappa shape index (κ2) is 6.02. The van der Waals surface area contributed by atoms with Gasteiger partial charge >= 0.3 is 0 Å². The Morgan fingerprint density at radius 3 is 3.19 bits per heavy atom. The molecule has 0 spiro atoms. The lowest BCUT2D eigenvalue weighted by molar-refractivity contribution is 0.422. The van der Waals surface area contributed by atoms with E-state index in [4.69, 9.17) is 4.52 Å². The molecule has 2 aliphatic heterocycles. The fraction of sp³-hybridized carbons (Fsp3) is 0.467. The van der Waals surface area contributed by atoms with Crippen LogP contribution in [0.2, 0.25) is 0 Å². The molecule has 1 atom stereocenters. The first-order valence-electron chi connectivity index (χ1n) is 7.26. The van der Waals surface area contributed by atoms with Gasteiger partial charge in [-0.15, -0.1) is 11.8 Å². The molecule has 4 nitrogen and oxygen atoms in total. The molecule has 2 aromatic rings. The normalized spacial score (nSPS) is 22.0. The van der Waals surface area contributed by atoms with Gasteiger partial charge in [0.15, 0.2) is 5.82 Å². The summed E-state index contributed by atoms with van der Waals surface area (Å²) in [6, 6.07) is 6.36. The van der Waals surface area contributed by atoms with Crippen molar-refractivity contribution in [2.75, 3.05) is 23.8 Å². The van der Waals surface area contributed by atoms with Crippen LogP contribution in [-0.4, -0.2) is 33.9 Å². The molecule has 1 fully saturated rings. The van der Waals surface area contributed by atoms with Gasteiger partial charge in [-0.3, -0.25) is 0 Å². The number of hydrogen-bond acceptors (Lipinski definition) is 6. The Balaban J connectivity index is 1.66. The third-order valence-corrected chi connectivity index (χ3v) is 6.67. The van der Waals surface area contributed by atoms with E-state index < -0.39 is 0 Å². The summed E-state index contributed by atoms with van der Waals surface area (Å²) in [6.07, 6.45) is 1.03. The van der Waals surface area contributed by atoms with Gasteiger partial charge in [-0.05, 0) is 30.2 Å². The average molecular weight is 319 g/mol. The number of rotatable bonds is 2. The third-order valence-electron chi connectivity index (χ3n) is 3.92. The molecule has 1 saturated heterocycles. The lowest BCUT2D eigenvalue weighted by Gasteiger charge is -2.18. The topological polar surface area (TPSA) is 51.0 Å². The van der Waals surface area contributed by atoms with E-state index in [1.165, 1.54) is 22.6 Å². The Morgan fingerprint density at radius 1 is 1.29 bits per heavy atom. The molecule has 6 heteroatoms. The van der Waals surface area contributed by atoms with Crippen molar-refractivity contribution in [3.8, 4) is 11.5 Å². The molecule has 0 bridgehead atoms. The van der Waals surface area contributed by atoms with E-state index in [1.54, 1.807) is 0 Å². The summed E-state index contributed by atoms with van der Waals surface area (Å²) in [5.41, 5.74) is 3.82. The lowest BCUT2D eigenvalue weighted by atomic mass is 9.95. The van der Waals surface area contributed by atoms with Crippen LogP contribution in [0.1, 0.15) is 22.2 Å². The molecule has 0 amide bonds. The zero-order valence-corrected chi connectivity index (χ0v) is 13.3. The van der Waals surface area contributed by atoms with Crippen LogP contribution in [0.4, 0.5) is 0 Å². The fourth-order valence-corrected chi connectivity index (χ4v) is 5.43. The number of benzene rings is 1. The Morgan fingerprint density at radius 2 is 2.29 bits per heavy atom. The van der Waals surface area contributed by atoms with E-state index in [9.17, 15) is 0 Å². The SMILES string of the molecule is c1cc2c(c(-c3nc(C4CSCCS4)no3)c1)CCNC2.